The highest BCUT2D eigenvalue weighted by Gasteiger charge is 2.26. The van der Waals surface area contributed by atoms with E-state index in [1.165, 1.54) is 18.4 Å². The summed E-state index contributed by atoms with van der Waals surface area (Å²) in [5, 5.41) is 3.61. The molecule has 0 radical (unpaired) electrons. The van der Waals surface area contributed by atoms with Crippen LogP contribution in [0.1, 0.15) is 57.2 Å². The van der Waals surface area contributed by atoms with Gasteiger partial charge < -0.3 is 16.3 Å². The van der Waals surface area contributed by atoms with E-state index in [9.17, 15) is 4.79 Å². The zero-order valence-electron chi connectivity index (χ0n) is 13.3. The summed E-state index contributed by atoms with van der Waals surface area (Å²) < 4.78 is 0. The zero-order chi connectivity index (χ0) is 16.6. The van der Waals surface area contributed by atoms with Gasteiger partial charge >= 0.3 is 0 Å². The number of rotatable bonds is 4. The number of nitrogens with two attached hydrogens (primary N) is 2. The van der Waals surface area contributed by atoms with Gasteiger partial charge in [-0.05, 0) is 49.8 Å². The van der Waals surface area contributed by atoms with Crippen LogP contribution in [0.5, 0.6) is 0 Å². The molecule has 0 amide bonds. The van der Waals surface area contributed by atoms with Crippen molar-refractivity contribution in [2.75, 3.05) is 0 Å². The molecule has 1 aromatic heterocycles. The number of aryl methyl sites for hydroxylation is 1. The summed E-state index contributed by atoms with van der Waals surface area (Å²) in [6.07, 6.45) is 2.42. The molecule has 6 heteroatoms. The van der Waals surface area contributed by atoms with Crippen LogP contribution in [0.25, 0.3) is 0 Å². The van der Waals surface area contributed by atoms with Crippen molar-refractivity contribution in [2.24, 2.45) is 16.8 Å². The largest absolute Gasteiger partial charge is 0.355 e. The van der Waals surface area contributed by atoms with Crippen molar-refractivity contribution < 1.29 is 4.79 Å². The molecule has 1 heterocycles. The molecule has 23 heavy (non-hydrogen) atoms. The Balaban J connectivity index is 2.01. The first-order chi connectivity index (χ1) is 11.1. The van der Waals surface area contributed by atoms with Gasteiger partial charge in [0, 0.05) is 16.8 Å². The quantitative estimate of drug-likeness (QED) is 0.227. The Morgan fingerprint density at radius 3 is 2.70 bits per heavy atom. The third kappa shape index (κ3) is 2.73. The molecule has 0 atom stereocenters. The van der Waals surface area contributed by atoms with Crippen molar-refractivity contribution in [1.82, 2.24) is 10.4 Å². The molecule has 6 N–H and O–H groups in total. The van der Waals surface area contributed by atoms with Crippen LogP contribution in [-0.4, -0.2) is 16.6 Å². The summed E-state index contributed by atoms with van der Waals surface area (Å²) in [5.41, 5.74) is 7.23. The van der Waals surface area contributed by atoms with Crippen LogP contribution in [-0.2, 0) is 0 Å². The smallest absolute Gasteiger partial charge is 0.195 e. The molecule has 0 saturated heterocycles. The molecule has 3 rings (SSSR count). The average molecular weight is 311 g/mol. The van der Waals surface area contributed by atoms with Gasteiger partial charge in [0.2, 0.25) is 0 Å². The number of amidine groups is 1. The van der Waals surface area contributed by atoms with Gasteiger partial charge in [-0.15, -0.1) is 0 Å². The number of hydrogen-bond donors (Lipinski definition) is 4. The van der Waals surface area contributed by atoms with Crippen LogP contribution in [0.3, 0.4) is 0 Å². The number of nitrogens with zero attached hydrogens (tertiary/aromatic N) is 1. The molecule has 2 aromatic rings. The number of nitrogens with one attached hydrogen (secondary N) is 2. The lowest BCUT2D eigenvalue weighted by Crippen LogP contribution is -2.32. The summed E-state index contributed by atoms with van der Waals surface area (Å²) in [4.78, 5) is 16.1. The molecule has 1 saturated carbocycles. The van der Waals surface area contributed by atoms with Gasteiger partial charge in [-0.25, -0.2) is 5.84 Å². The minimum absolute atomic E-state index is 0.00149. The molecular formula is C17H21N5O. The maximum Gasteiger partial charge on any atom is 0.195 e. The van der Waals surface area contributed by atoms with E-state index < -0.39 is 0 Å². The van der Waals surface area contributed by atoms with E-state index in [1.807, 2.05) is 32.0 Å². The first-order valence-corrected chi connectivity index (χ1v) is 7.65. The number of ketones is 1. The number of H-pyrrole nitrogens is 1. The predicted octanol–water partition coefficient (Wildman–Crippen LogP) is 1.82. The lowest BCUT2D eigenvalue weighted by Gasteiger charge is -2.06. The number of benzene rings is 1. The second-order valence-electron chi connectivity index (χ2n) is 5.98. The number of aromatic amines is 1. The van der Waals surface area contributed by atoms with E-state index >= 15 is 0 Å². The fraction of sp³-hybridized carbons (Fsp3) is 0.294. The minimum Gasteiger partial charge on any atom is -0.355 e. The molecule has 120 valence electrons. The highest BCUT2D eigenvalue weighted by atomic mass is 16.1. The molecule has 1 aliphatic rings. The number of aromatic nitrogens is 1. The number of hydrogen-bond acceptors (Lipinski definition) is 4. The Labute approximate surface area is 134 Å². The normalized spacial score (nSPS) is 14.8. The van der Waals surface area contributed by atoms with Crippen molar-refractivity contribution in [3.05, 3.63) is 57.9 Å². The van der Waals surface area contributed by atoms with Crippen molar-refractivity contribution in [1.29, 1.82) is 0 Å². The molecule has 0 unspecified atom stereocenters. The molecular weight excluding hydrogens is 290 g/mol. The van der Waals surface area contributed by atoms with E-state index in [1.54, 1.807) is 0 Å². The van der Waals surface area contributed by atoms with Gasteiger partial charge in [0.1, 0.15) is 0 Å². The monoisotopic (exact) mass is 311 g/mol. The van der Waals surface area contributed by atoms with E-state index in [2.05, 4.69) is 21.6 Å². The van der Waals surface area contributed by atoms with Crippen LogP contribution in [0, 0.1) is 13.8 Å². The summed E-state index contributed by atoms with van der Waals surface area (Å²) >= 11 is 0. The standard InChI is InChI=1S/C17H21N5O/c1-9-14(10(2)20-15(9)17(21-18)22-19)16(23)13-5-3-4-12(8-13)11-6-7-11/h3-5,8,11,20H,6-7,18-19H2,1-2H3,(H,21,22). The van der Waals surface area contributed by atoms with Crippen LogP contribution in [0.15, 0.2) is 29.4 Å². The summed E-state index contributed by atoms with van der Waals surface area (Å²) in [6, 6.07) is 7.91. The van der Waals surface area contributed by atoms with Crippen LogP contribution in [0.4, 0.5) is 0 Å². The first-order valence-electron chi connectivity index (χ1n) is 7.65. The van der Waals surface area contributed by atoms with E-state index in [4.69, 9.17) is 11.7 Å². The van der Waals surface area contributed by atoms with E-state index in [-0.39, 0.29) is 5.78 Å². The maximum atomic E-state index is 13.0. The van der Waals surface area contributed by atoms with Crippen LogP contribution in [0.2, 0.25) is 0 Å². The third-order valence-electron chi connectivity index (χ3n) is 4.36. The SMILES string of the molecule is Cc1[nH]c(/C(=N/N)NN)c(C)c1C(=O)c1cccc(C2CC2)c1. The average Bonchev–Trinajstić information content (AvgIpc) is 3.36. The Morgan fingerprint density at radius 2 is 2.09 bits per heavy atom. The van der Waals surface area contributed by atoms with Crippen molar-refractivity contribution in [2.45, 2.75) is 32.6 Å². The predicted molar refractivity (Wildman–Crippen MR) is 90.2 cm³/mol. The van der Waals surface area contributed by atoms with Crippen molar-refractivity contribution >= 4 is 11.6 Å². The Kier molecular flexibility index (Phi) is 3.92. The van der Waals surface area contributed by atoms with Crippen molar-refractivity contribution in [3.8, 4) is 0 Å². The highest BCUT2D eigenvalue weighted by molar-refractivity contribution is 6.13. The van der Waals surface area contributed by atoms with Gasteiger partial charge in [0.15, 0.2) is 11.6 Å². The van der Waals surface area contributed by atoms with Gasteiger partial charge in [-0.3, -0.25) is 4.79 Å². The Hall–Kier alpha value is -2.60. The lowest BCUT2D eigenvalue weighted by atomic mass is 9.97. The second kappa shape index (κ2) is 5.89. The zero-order valence-corrected chi connectivity index (χ0v) is 13.3. The third-order valence-corrected chi connectivity index (χ3v) is 4.36. The molecule has 0 aliphatic heterocycles. The highest BCUT2D eigenvalue weighted by Crippen LogP contribution is 2.40. The molecule has 0 bridgehead atoms. The fourth-order valence-corrected chi connectivity index (χ4v) is 3.00. The topological polar surface area (TPSA) is 109 Å². The second-order valence-corrected chi connectivity index (χ2v) is 5.98. The first kappa shape index (κ1) is 15.3. The molecule has 6 nitrogen and oxygen atoms in total. The summed E-state index contributed by atoms with van der Waals surface area (Å²) in [6.45, 7) is 3.72. The van der Waals surface area contributed by atoms with Gasteiger partial charge in [0.05, 0.1) is 5.69 Å². The van der Waals surface area contributed by atoms with E-state index in [0.29, 0.717) is 28.6 Å². The maximum absolute atomic E-state index is 13.0. The number of hydrazone groups is 1. The minimum atomic E-state index is -0.00149. The van der Waals surface area contributed by atoms with Crippen LogP contribution < -0.4 is 17.1 Å². The summed E-state index contributed by atoms with van der Waals surface area (Å²) in [5.74, 6) is 11.7. The van der Waals surface area contributed by atoms with Gasteiger partial charge in [-0.2, -0.15) is 5.10 Å². The summed E-state index contributed by atoms with van der Waals surface area (Å²) in [7, 11) is 0. The Bertz CT molecular complexity index is 786. The van der Waals surface area contributed by atoms with Crippen molar-refractivity contribution in [3.63, 3.8) is 0 Å². The molecule has 1 aromatic carbocycles. The van der Waals surface area contributed by atoms with Gasteiger partial charge in [-0.1, -0.05) is 18.2 Å². The number of hydrazine groups is 1. The lowest BCUT2D eigenvalue weighted by molar-refractivity contribution is 0.103. The fourth-order valence-electron chi connectivity index (χ4n) is 3.00. The Morgan fingerprint density at radius 1 is 1.35 bits per heavy atom. The molecule has 1 fully saturated rings. The molecule has 0 spiro atoms. The van der Waals surface area contributed by atoms with Gasteiger partial charge in [0.25, 0.3) is 0 Å². The number of carbonyl (C=O) groups excluding carboxylic acids is 1. The number of carbonyl (C=O) groups is 1. The van der Waals surface area contributed by atoms with E-state index in [0.717, 1.165) is 11.3 Å². The molecule has 1 aliphatic carbocycles. The van der Waals surface area contributed by atoms with Crippen LogP contribution >= 0.6 is 0 Å².